The molecule has 0 fully saturated rings. The van der Waals surface area contributed by atoms with Crippen molar-refractivity contribution in [3.63, 3.8) is 0 Å². The number of nitro benzene ring substituents is 1. The highest BCUT2D eigenvalue weighted by Gasteiger charge is 2.16. The van der Waals surface area contributed by atoms with Gasteiger partial charge in [-0.1, -0.05) is 6.07 Å². The molecule has 0 aliphatic heterocycles. The molecule has 0 unspecified atom stereocenters. The van der Waals surface area contributed by atoms with E-state index in [4.69, 9.17) is 0 Å². The number of H-pyrrole nitrogens is 1. The van der Waals surface area contributed by atoms with Crippen LogP contribution in [0.5, 0.6) is 0 Å². The number of aromatic nitrogens is 1. The van der Waals surface area contributed by atoms with E-state index in [1.54, 1.807) is 18.3 Å². The van der Waals surface area contributed by atoms with Gasteiger partial charge in [-0.2, -0.15) is 0 Å². The Kier molecular flexibility index (Phi) is 4.34. The second kappa shape index (κ2) is 6.60. The van der Waals surface area contributed by atoms with Gasteiger partial charge in [0.2, 0.25) is 0 Å². The summed E-state index contributed by atoms with van der Waals surface area (Å²) in [6, 6.07) is 8.37. The zero-order chi connectivity index (χ0) is 18.0. The van der Waals surface area contributed by atoms with Crippen LogP contribution in [-0.2, 0) is 6.42 Å². The lowest BCUT2D eigenvalue weighted by molar-refractivity contribution is -0.384. The minimum Gasteiger partial charge on any atom is -0.478 e. The third-order valence-electron chi connectivity index (χ3n) is 3.89. The van der Waals surface area contributed by atoms with E-state index in [1.165, 1.54) is 18.2 Å². The zero-order valence-corrected chi connectivity index (χ0v) is 13.0. The predicted octanol–water partition coefficient (Wildman–Crippen LogP) is 3.57. The lowest BCUT2D eigenvalue weighted by Crippen LogP contribution is -2.10. The molecule has 0 spiro atoms. The van der Waals surface area contributed by atoms with E-state index in [-0.39, 0.29) is 22.8 Å². The minimum atomic E-state index is -1.26. The quantitative estimate of drug-likeness (QED) is 0.468. The Morgan fingerprint density at radius 3 is 2.84 bits per heavy atom. The Labute approximate surface area is 141 Å². The summed E-state index contributed by atoms with van der Waals surface area (Å²) in [5.41, 5.74) is 1.26. The molecular weight excluding hydrogens is 329 g/mol. The number of halogens is 1. The Balaban J connectivity index is 1.77. The van der Waals surface area contributed by atoms with Gasteiger partial charge in [-0.25, -0.2) is 9.18 Å². The van der Waals surface area contributed by atoms with Gasteiger partial charge >= 0.3 is 5.97 Å². The molecule has 0 amide bonds. The number of benzene rings is 2. The van der Waals surface area contributed by atoms with Gasteiger partial charge in [0.15, 0.2) is 0 Å². The average Bonchev–Trinajstić information content (AvgIpc) is 2.99. The third-order valence-corrected chi connectivity index (χ3v) is 3.89. The van der Waals surface area contributed by atoms with E-state index in [0.29, 0.717) is 23.9 Å². The van der Waals surface area contributed by atoms with E-state index in [1.807, 2.05) is 0 Å². The number of carboxylic acid groups (broad SMARTS) is 1. The van der Waals surface area contributed by atoms with E-state index in [0.717, 1.165) is 11.6 Å². The summed E-state index contributed by atoms with van der Waals surface area (Å²) in [4.78, 5) is 24.4. The monoisotopic (exact) mass is 343 g/mol. The molecule has 0 aliphatic rings. The fourth-order valence-corrected chi connectivity index (χ4v) is 2.71. The van der Waals surface area contributed by atoms with Crippen LogP contribution in [0, 0.1) is 15.9 Å². The number of hydrogen-bond donors (Lipinski definition) is 3. The molecule has 0 aliphatic carbocycles. The molecule has 25 heavy (non-hydrogen) atoms. The van der Waals surface area contributed by atoms with E-state index < -0.39 is 10.9 Å². The maximum absolute atomic E-state index is 13.9. The normalized spacial score (nSPS) is 10.8. The van der Waals surface area contributed by atoms with Crippen LogP contribution >= 0.6 is 0 Å². The van der Waals surface area contributed by atoms with Crippen LogP contribution in [0.4, 0.5) is 15.8 Å². The van der Waals surface area contributed by atoms with Crippen LogP contribution < -0.4 is 5.32 Å². The van der Waals surface area contributed by atoms with Gasteiger partial charge in [-0.05, 0) is 30.2 Å². The van der Waals surface area contributed by atoms with Crippen LogP contribution in [0.3, 0.4) is 0 Å². The summed E-state index contributed by atoms with van der Waals surface area (Å²) in [6.45, 7) is 0.347. The first-order chi connectivity index (χ1) is 12.0. The first-order valence-electron chi connectivity index (χ1n) is 7.47. The van der Waals surface area contributed by atoms with E-state index >= 15 is 0 Å². The Hall–Kier alpha value is -3.42. The van der Waals surface area contributed by atoms with Gasteiger partial charge in [0.05, 0.1) is 10.5 Å². The molecule has 0 radical (unpaired) electrons. The number of rotatable bonds is 6. The van der Waals surface area contributed by atoms with Gasteiger partial charge in [-0.15, -0.1) is 0 Å². The first-order valence-corrected chi connectivity index (χ1v) is 7.47. The van der Waals surface area contributed by atoms with Gasteiger partial charge in [-0.3, -0.25) is 10.1 Å². The number of carboxylic acids is 1. The van der Waals surface area contributed by atoms with Crippen molar-refractivity contribution < 1.29 is 19.2 Å². The van der Waals surface area contributed by atoms with Crippen LogP contribution in [0.2, 0.25) is 0 Å². The van der Waals surface area contributed by atoms with Gasteiger partial charge in [0.1, 0.15) is 5.82 Å². The van der Waals surface area contributed by atoms with Crippen molar-refractivity contribution in [2.75, 3.05) is 11.9 Å². The summed E-state index contributed by atoms with van der Waals surface area (Å²) < 4.78 is 13.9. The highest BCUT2D eigenvalue weighted by atomic mass is 19.1. The van der Waals surface area contributed by atoms with Gasteiger partial charge in [0.25, 0.3) is 5.69 Å². The van der Waals surface area contributed by atoms with Gasteiger partial charge in [0, 0.05) is 41.5 Å². The SMILES string of the molecule is O=C(O)c1cc([N+](=O)[O-])ccc1NCCc1c[nH]c2cccc(F)c12. The number of non-ortho nitro benzene ring substituents is 1. The number of carbonyl (C=O) groups is 1. The predicted molar refractivity (Wildman–Crippen MR) is 90.5 cm³/mol. The third kappa shape index (κ3) is 3.27. The molecule has 3 N–H and O–H groups in total. The van der Waals surface area contributed by atoms with Crippen LogP contribution in [0.1, 0.15) is 15.9 Å². The van der Waals surface area contributed by atoms with Crippen molar-refractivity contribution in [2.24, 2.45) is 0 Å². The molecule has 0 saturated carbocycles. The molecule has 0 atom stereocenters. The molecule has 1 aromatic heterocycles. The molecule has 8 heteroatoms. The Morgan fingerprint density at radius 2 is 2.12 bits per heavy atom. The average molecular weight is 343 g/mol. The number of aromatic carboxylic acids is 1. The van der Waals surface area contributed by atoms with Crippen molar-refractivity contribution in [3.8, 4) is 0 Å². The molecule has 0 bridgehead atoms. The molecule has 0 saturated heterocycles. The number of nitrogens with zero attached hydrogens (tertiary/aromatic N) is 1. The van der Waals surface area contributed by atoms with Crippen LogP contribution in [-0.4, -0.2) is 27.5 Å². The van der Waals surface area contributed by atoms with Crippen molar-refractivity contribution >= 4 is 28.2 Å². The number of anilines is 1. The van der Waals surface area contributed by atoms with Crippen molar-refractivity contribution in [2.45, 2.75) is 6.42 Å². The zero-order valence-electron chi connectivity index (χ0n) is 13.0. The minimum absolute atomic E-state index is 0.181. The fourth-order valence-electron chi connectivity index (χ4n) is 2.71. The molecule has 128 valence electrons. The second-order valence-corrected chi connectivity index (χ2v) is 5.45. The number of aromatic amines is 1. The first kappa shape index (κ1) is 16.4. The van der Waals surface area contributed by atoms with E-state index in [2.05, 4.69) is 10.3 Å². The summed E-state index contributed by atoms with van der Waals surface area (Å²) in [7, 11) is 0. The maximum atomic E-state index is 13.9. The largest absolute Gasteiger partial charge is 0.478 e. The summed E-state index contributed by atoms with van der Waals surface area (Å²) in [5, 5.41) is 23.4. The number of nitro groups is 1. The summed E-state index contributed by atoms with van der Waals surface area (Å²) in [5.74, 6) is -1.58. The van der Waals surface area contributed by atoms with Crippen LogP contribution in [0.15, 0.2) is 42.6 Å². The molecule has 1 heterocycles. The molecule has 7 nitrogen and oxygen atoms in total. The van der Waals surface area contributed by atoms with Crippen molar-refractivity contribution in [3.05, 3.63) is 69.7 Å². The lowest BCUT2D eigenvalue weighted by atomic mass is 10.1. The molecular formula is C17H14FN3O4. The van der Waals surface area contributed by atoms with Crippen molar-refractivity contribution in [1.29, 1.82) is 0 Å². The molecule has 3 rings (SSSR count). The second-order valence-electron chi connectivity index (χ2n) is 5.45. The maximum Gasteiger partial charge on any atom is 0.338 e. The topological polar surface area (TPSA) is 108 Å². The molecule has 3 aromatic rings. The summed E-state index contributed by atoms with van der Waals surface area (Å²) in [6.07, 6.45) is 2.17. The van der Waals surface area contributed by atoms with E-state index in [9.17, 15) is 24.4 Å². The summed E-state index contributed by atoms with van der Waals surface area (Å²) >= 11 is 0. The number of nitrogens with one attached hydrogen (secondary N) is 2. The number of fused-ring (bicyclic) bond motifs is 1. The smallest absolute Gasteiger partial charge is 0.338 e. The highest BCUT2D eigenvalue weighted by Crippen LogP contribution is 2.24. The number of hydrogen-bond acceptors (Lipinski definition) is 4. The standard InChI is InChI=1S/C17H14FN3O4/c18-13-2-1-3-15-16(13)10(9-20-15)6-7-19-14-5-4-11(21(24)25)8-12(14)17(22)23/h1-5,8-9,19-20H,6-7H2,(H,22,23). The lowest BCUT2D eigenvalue weighted by Gasteiger charge is -2.09. The Bertz CT molecular complexity index is 968. The van der Waals surface area contributed by atoms with Crippen molar-refractivity contribution in [1.82, 2.24) is 4.98 Å². The molecule has 2 aromatic carbocycles. The van der Waals surface area contributed by atoms with Gasteiger partial charge < -0.3 is 15.4 Å². The van der Waals surface area contributed by atoms with Crippen LogP contribution in [0.25, 0.3) is 10.9 Å². The fraction of sp³-hybridized carbons (Fsp3) is 0.118. The highest BCUT2D eigenvalue weighted by molar-refractivity contribution is 5.95. The Morgan fingerprint density at radius 1 is 1.32 bits per heavy atom.